The van der Waals surface area contributed by atoms with Gasteiger partial charge in [0.15, 0.2) is 4.34 Å². The van der Waals surface area contributed by atoms with E-state index in [1.807, 2.05) is 89.8 Å². The molecular formula is C25H24N4OS2. The Morgan fingerprint density at radius 1 is 0.875 bits per heavy atom. The van der Waals surface area contributed by atoms with Crippen LogP contribution in [0.2, 0.25) is 0 Å². The number of nitrogens with zero attached hydrogens (tertiary/aromatic N) is 3. The Morgan fingerprint density at radius 2 is 1.47 bits per heavy atom. The smallest absolute Gasteiger partial charge is 0.233 e. The van der Waals surface area contributed by atoms with Gasteiger partial charge in [0.2, 0.25) is 11.0 Å². The number of aryl methyl sites for hydroxylation is 1. The van der Waals surface area contributed by atoms with Crippen molar-refractivity contribution in [3.8, 4) is 0 Å². The van der Waals surface area contributed by atoms with Gasteiger partial charge in [0.25, 0.3) is 0 Å². The summed E-state index contributed by atoms with van der Waals surface area (Å²) in [6.45, 7) is 3.20. The van der Waals surface area contributed by atoms with Crippen molar-refractivity contribution in [1.82, 2.24) is 15.1 Å². The van der Waals surface area contributed by atoms with Crippen molar-refractivity contribution in [3.63, 3.8) is 0 Å². The van der Waals surface area contributed by atoms with Gasteiger partial charge in [0.05, 0.1) is 5.75 Å². The van der Waals surface area contributed by atoms with Gasteiger partial charge in [0.1, 0.15) is 0 Å². The number of anilines is 2. The topological polar surface area (TPSA) is 58.1 Å². The maximum atomic E-state index is 13.1. The second kappa shape index (κ2) is 10.9. The largest absolute Gasteiger partial charge is 0.333 e. The van der Waals surface area contributed by atoms with Gasteiger partial charge in [-0.15, -0.1) is 10.2 Å². The minimum absolute atomic E-state index is 0.0750. The van der Waals surface area contributed by atoms with Crippen molar-refractivity contribution in [2.24, 2.45) is 0 Å². The molecule has 0 bridgehead atoms. The van der Waals surface area contributed by atoms with Crippen LogP contribution in [-0.4, -0.2) is 26.8 Å². The molecule has 32 heavy (non-hydrogen) atoms. The first-order valence-corrected chi connectivity index (χ1v) is 12.1. The lowest BCUT2D eigenvalue weighted by molar-refractivity contribution is -0.129. The van der Waals surface area contributed by atoms with Crippen LogP contribution in [0, 0.1) is 6.92 Å². The molecule has 162 valence electrons. The summed E-state index contributed by atoms with van der Waals surface area (Å²) in [5.74, 6) is 0.393. The predicted molar refractivity (Wildman–Crippen MR) is 132 cm³/mol. The lowest BCUT2D eigenvalue weighted by atomic mass is 10.1. The van der Waals surface area contributed by atoms with Gasteiger partial charge in [0, 0.05) is 18.8 Å². The van der Waals surface area contributed by atoms with Gasteiger partial charge < -0.3 is 10.2 Å². The number of hydrogen-bond acceptors (Lipinski definition) is 6. The van der Waals surface area contributed by atoms with Crippen molar-refractivity contribution >= 4 is 39.8 Å². The summed E-state index contributed by atoms with van der Waals surface area (Å²) in [5.41, 5.74) is 4.40. The molecule has 0 aliphatic heterocycles. The Hall–Kier alpha value is -3.16. The van der Waals surface area contributed by atoms with Crippen molar-refractivity contribution in [1.29, 1.82) is 0 Å². The number of carbonyl (C=O) groups is 1. The minimum Gasteiger partial charge on any atom is -0.333 e. The maximum Gasteiger partial charge on any atom is 0.233 e. The zero-order valence-electron chi connectivity index (χ0n) is 17.8. The van der Waals surface area contributed by atoms with Crippen molar-refractivity contribution in [2.75, 3.05) is 11.1 Å². The number of rotatable bonds is 9. The highest BCUT2D eigenvalue weighted by atomic mass is 32.2. The Bertz CT molecular complexity index is 1090. The lowest BCUT2D eigenvalue weighted by Gasteiger charge is -2.23. The van der Waals surface area contributed by atoms with Crippen LogP contribution in [-0.2, 0) is 17.9 Å². The molecule has 0 radical (unpaired) electrons. The van der Waals surface area contributed by atoms with Gasteiger partial charge in [-0.3, -0.25) is 4.79 Å². The first-order valence-electron chi connectivity index (χ1n) is 10.3. The summed E-state index contributed by atoms with van der Waals surface area (Å²) in [7, 11) is 0. The molecule has 4 rings (SSSR count). The van der Waals surface area contributed by atoms with Crippen LogP contribution < -0.4 is 5.32 Å². The van der Waals surface area contributed by atoms with Crippen LogP contribution in [0.25, 0.3) is 0 Å². The molecular weight excluding hydrogens is 436 g/mol. The third-order valence-corrected chi connectivity index (χ3v) is 6.77. The lowest BCUT2D eigenvalue weighted by Crippen LogP contribution is -2.31. The minimum atomic E-state index is 0.0750. The summed E-state index contributed by atoms with van der Waals surface area (Å²) in [6.07, 6.45) is 0. The van der Waals surface area contributed by atoms with Crippen LogP contribution in [0.5, 0.6) is 0 Å². The summed E-state index contributed by atoms with van der Waals surface area (Å²) in [6, 6.07) is 28.3. The summed E-state index contributed by atoms with van der Waals surface area (Å²) in [4.78, 5) is 15.0. The van der Waals surface area contributed by atoms with E-state index in [-0.39, 0.29) is 5.91 Å². The highest BCUT2D eigenvalue weighted by molar-refractivity contribution is 8.01. The fourth-order valence-corrected chi connectivity index (χ4v) is 4.81. The molecule has 0 saturated carbocycles. The van der Waals surface area contributed by atoms with Crippen LogP contribution in [0.3, 0.4) is 0 Å². The summed E-state index contributed by atoms with van der Waals surface area (Å²) in [5, 5.41) is 12.4. The third-order valence-electron chi connectivity index (χ3n) is 4.81. The normalized spacial score (nSPS) is 10.7. The summed E-state index contributed by atoms with van der Waals surface area (Å²) < 4.78 is 0.771. The van der Waals surface area contributed by atoms with Gasteiger partial charge in [-0.2, -0.15) is 0 Å². The highest BCUT2D eigenvalue weighted by Crippen LogP contribution is 2.28. The van der Waals surface area contributed by atoms with E-state index < -0.39 is 0 Å². The molecule has 0 aliphatic carbocycles. The quantitative estimate of drug-likeness (QED) is 0.315. The zero-order valence-corrected chi connectivity index (χ0v) is 19.4. The van der Waals surface area contributed by atoms with Crippen LogP contribution in [0.15, 0.2) is 89.3 Å². The van der Waals surface area contributed by atoms with E-state index in [0.29, 0.717) is 24.0 Å². The van der Waals surface area contributed by atoms with E-state index in [4.69, 9.17) is 0 Å². The van der Waals surface area contributed by atoms with E-state index in [9.17, 15) is 4.79 Å². The standard InChI is InChI=1S/C25H24N4OS2/c1-19-12-14-22(15-13-19)26-24-27-28-25(32-24)31-18-23(30)29(16-20-8-4-2-5-9-20)17-21-10-6-3-7-11-21/h2-15H,16-18H2,1H3,(H,26,27). The molecule has 0 saturated heterocycles. The van der Waals surface area contributed by atoms with E-state index >= 15 is 0 Å². The SMILES string of the molecule is Cc1ccc(Nc2nnc(SCC(=O)N(Cc3ccccc3)Cc3ccccc3)s2)cc1. The molecule has 1 amide bonds. The Kier molecular flexibility index (Phi) is 7.53. The van der Waals surface area contributed by atoms with Crippen molar-refractivity contribution < 1.29 is 4.79 Å². The number of benzene rings is 3. The first kappa shape index (κ1) is 22.0. The van der Waals surface area contributed by atoms with Gasteiger partial charge >= 0.3 is 0 Å². The Balaban J connectivity index is 1.38. The molecule has 1 N–H and O–H groups in total. The third kappa shape index (κ3) is 6.42. The fourth-order valence-electron chi connectivity index (χ4n) is 3.13. The van der Waals surface area contributed by atoms with Gasteiger partial charge in [-0.1, -0.05) is 101 Å². The molecule has 1 heterocycles. The molecule has 4 aromatic rings. The monoisotopic (exact) mass is 460 g/mol. The predicted octanol–water partition coefficient (Wildman–Crippen LogP) is 5.91. The second-order valence-electron chi connectivity index (χ2n) is 7.37. The highest BCUT2D eigenvalue weighted by Gasteiger charge is 2.16. The Morgan fingerprint density at radius 3 is 2.06 bits per heavy atom. The van der Waals surface area contributed by atoms with E-state index in [2.05, 4.69) is 22.4 Å². The molecule has 0 spiro atoms. The molecule has 0 atom stereocenters. The Labute approximate surface area is 196 Å². The van der Waals surface area contributed by atoms with Gasteiger partial charge in [-0.05, 0) is 30.2 Å². The first-order chi connectivity index (χ1) is 15.7. The van der Waals surface area contributed by atoms with E-state index in [1.54, 1.807) is 0 Å². The number of thioether (sulfide) groups is 1. The molecule has 1 aromatic heterocycles. The number of amides is 1. The van der Waals surface area contributed by atoms with Crippen molar-refractivity contribution in [3.05, 3.63) is 102 Å². The number of carbonyl (C=O) groups excluding carboxylic acids is 1. The molecule has 0 fully saturated rings. The van der Waals surface area contributed by atoms with Crippen LogP contribution in [0.1, 0.15) is 16.7 Å². The summed E-state index contributed by atoms with van der Waals surface area (Å²) >= 11 is 2.88. The molecule has 0 aliphatic rings. The number of nitrogens with one attached hydrogen (secondary N) is 1. The maximum absolute atomic E-state index is 13.1. The number of aromatic nitrogens is 2. The van der Waals surface area contributed by atoms with E-state index in [0.717, 1.165) is 21.2 Å². The fraction of sp³-hybridized carbons (Fsp3) is 0.160. The van der Waals surface area contributed by atoms with Crippen molar-refractivity contribution in [2.45, 2.75) is 24.4 Å². The average molecular weight is 461 g/mol. The van der Waals surface area contributed by atoms with Gasteiger partial charge in [-0.25, -0.2) is 0 Å². The number of hydrogen-bond donors (Lipinski definition) is 1. The molecule has 5 nitrogen and oxygen atoms in total. The van der Waals surface area contributed by atoms with E-state index in [1.165, 1.54) is 28.7 Å². The molecule has 0 unspecified atom stereocenters. The second-order valence-corrected chi connectivity index (χ2v) is 9.57. The average Bonchev–Trinajstić information content (AvgIpc) is 3.27. The zero-order chi connectivity index (χ0) is 22.2. The molecule has 7 heteroatoms. The molecule has 3 aromatic carbocycles. The van der Waals surface area contributed by atoms with Crippen LogP contribution in [0.4, 0.5) is 10.8 Å². The van der Waals surface area contributed by atoms with Crippen LogP contribution >= 0.6 is 23.1 Å².